The number of benzene rings is 3. The Balaban J connectivity index is 0.00000380. The minimum atomic E-state index is -4.52. The highest BCUT2D eigenvalue weighted by Crippen LogP contribution is 2.39. The number of carbonyl (C=O) groups excluding carboxylic acids is 1. The zero-order valence-corrected chi connectivity index (χ0v) is 22.6. The molecular formula is C28H26BrClF3N3O. The molecule has 0 unspecified atom stereocenters. The van der Waals surface area contributed by atoms with Gasteiger partial charge in [-0.2, -0.15) is 13.2 Å². The number of nitrogens with one attached hydrogen (secondary N) is 1. The van der Waals surface area contributed by atoms with Crippen LogP contribution in [-0.2, 0) is 17.5 Å². The maximum atomic E-state index is 14.0. The Morgan fingerprint density at radius 2 is 1.54 bits per heavy atom. The van der Waals surface area contributed by atoms with Crippen molar-refractivity contribution in [3.05, 3.63) is 101 Å². The summed E-state index contributed by atoms with van der Waals surface area (Å²) in [5.74, 6) is -0.106. The number of aromatic nitrogens is 1. The molecule has 0 atom stereocenters. The summed E-state index contributed by atoms with van der Waals surface area (Å²) in [6, 6.07) is 24.2. The second-order valence-corrected chi connectivity index (χ2v) is 9.59. The number of halogens is 5. The van der Waals surface area contributed by atoms with Gasteiger partial charge in [0.15, 0.2) is 0 Å². The van der Waals surface area contributed by atoms with Crippen molar-refractivity contribution in [3.63, 3.8) is 0 Å². The van der Waals surface area contributed by atoms with Gasteiger partial charge in [0, 0.05) is 11.0 Å². The molecule has 37 heavy (non-hydrogen) atoms. The zero-order valence-electron chi connectivity index (χ0n) is 20.2. The highest BCUT2D eigenvalue weighted by Gasteiger charge is 2.34. The lowest BCUT2D eigenvalue weighted by Gasteiger charge is -2.19. The molecule has 0 saturated heterocycles. The summed E-state index contributed by atoms with van der Waals surface area (Å²) in [6.07, 6.45) is -4.52. The van der Waals surface area contributed by atoms with Crippen molar-refractivity contribution in [3.8, 4) is 28.2 Å². The van der Waals surface area contributed by atoms with Gasteiger partial charge in [-0.05, 0) is 73.3 Å². The van der Waals surface area contributed by atoms with Crippen LogP contribution in [0.15, 0.2) is 89.4 Å². The lowest BCUT2D eigenvalue weighted by Crippen LogP contribution is -2.32. The Kier molecular flexibility index (Phi) is 9.23. The van der Waals surface area contributed by atoms with Gasteiger partial charge in [0.05, 0.1) is 29.2 Å². The average Bonchev–Trinajstić information content (AvgIpc) is 3.27. The van der Waals surface area contributed by atoms with Crippen molar-refractivity contribution in [2.24, 2.45) is 0 Å². The van der Waals surface area contributed by atoms with Crippen molar-refractivity contribution in [1.29, 1.82) is 0 Å². The van der Waals surface area contributed by atoms with Gasteiger partial charge in [0.1, 0.15) is 0 Å². The molecule has 0 fully saturated rings. The molecule has 1 heterocycles. The van der Waals surface area contributed by atoms with E-state index in [0.717, 1.165) is 27.2 Å². The highest BCUT2D eigenvalue weighted by molar-refractivity contribution is 9.10. The first-order chi connectivity index (χ1) is 17.1. The predicted octanol–water partition coefficient (Wildman–Crippen LogP) is 7.19. The summed E-state index contributed by atoms with van der Waals surface area (Å²) >= 11 is 3.42. The number of para-hydroxylation sites is 1. The van der Waals surface area contributed by atoms with Gasteiger partial charge in [-0.25, -0.2) is 0 Å². The lowest BCUT2D eigenvalue weighted by molar-refractivity contribution is -0.137. The number of nitrogens with zero attached hydrogens (tertiary/aromatic N) is 2. The fourth-order valence-electron chi connectivity index (χ4n) is 4.06. The number of hydrogen-bond donors (Lipinski definition) is 1. The van der Waals surface area contributed by atoms with E-state index in [-0.39, 0.29) is 30.5 Å². The van der Waals surface area contributed by atoms with Crippen molar-refractivity contribution < 1.29 is 18.0 Å². The van der Waals surface area contributed by atoms with Crippen molar-refractivity contribution in [2.45, 2.75) is 12.7 Å². The van der Waals surface area contributed by atoms with Gasteiger partial charge in [-0.3, -0.25) is 4.79 Å². The number of rotatable bonds is 7. The van der Waals surface area contributed by atoms with Crippen LogP contribution >= 0.6 is 28.3 Å². The third-order valence-corrected chi connectivity index (χ3v) is 6.17. The number of carbonyl (C=O) groups is 1. The number of hydrogen-bond acceptors (Lipinski definition) is 2. The topological polar surface area (TPSA) is 37.3 Å². The standard InChI is InChI=1S/C28H25BrF3N3O.ClH/c1-34(2)18-27(36)33-17-19-6-5-7-21(16-19)25-15-14-24(20-10-12-22(29)13-11-20)35(25)26-9-4-3-8-23(26)28(30,31)32;/h3-16H,17-18H2,1-2H3,(H,33,36);1H. The normalized spacial score (nSPS) is 11.3. The summed E-state index contributed by atoms with van der Waals surface area (Å²) in [7, 11) is 3.63. The quantitative estimate of drug-likeness (QED) is 0.247. The zero-order chi connectivity index (χ0) is 25.9. The first kappa shape index (κ1) is 28.5. The third-order valence-electron chi connectivity index (χ3n) is 5.64. The Labute approximate surface area is 228 Å². The molecule has 0 saturated carbocycles. The fraction of sp³-hybridized carbons (Fsp3) is 0.179. The molecule has 194 valence electrons. The molecule has 0 spiro atoms. The van der Waals surface area contributed by atoms with E-state index >= 15 is 0 Å². The van der Waals surface area contributed by atoms with Crippen LogP contribution in [0.2, 0.25) is 0 Å². The van der Waals surface area contributed by atoms with Crippen LogP contribution in [0, 0.1) is 0 Å². The van der Waals surface area contributed by atoms with E-state index in [1.54, 1.807) is 15.5 Å². The van der Waals surface area contributed by atoms with Crippen molar-refractivity contribution in [2.75, 3.05) is 20.6 Å². The van der Waals surface area contributed by atoms with E-state index in [4.69, 9.17) is 0 Å². The second kappa shape index (κ2) is 12.0. The Bertz CT molecular complexity index is 1370. The summed E-state index contributed by atoms with van der Waals surface area (Å²) in [6.45, 7) is 0.591. The molecule has 9 heteroatoms. The van der Waals surface area contributed by atoms with E-state index in [1.165, 1.54) is 12.1 Å². The minimum Gasteiger partial charge on any atom is -0.351 e. The maximum absolute atomic E-state index is 14.0. The number of amides is 1. The van der Waals surface area contributed by atoms with E-state index in [2.05, 4.69) is 21.2 Å². The Morgan fingerprint density at radius 3 is 2.19 bits per heavy atom. The van der Waals surface area contributed by atoms with Gasteiger partial charge < -0.3 is 14.8 Å². The largest absolute Gasteiger partial charge is 0.418 e. The van der Waals surface area contributed by atoms with Gasteiger partial charge in [-0.1, -0.05) is 58.4 Å². The average molecular weight is 593 g/mol. The summed E-state index contributed by atoms with van der Waals surface area (Å²) in [4.78, 5) is 13.8. The van der Waals surface area contributed by atoms with Crippen molar-refractivity contribution in [1.82, 2.24) is 14.8 Å². The van der Waals surface area contributed by atoms with Crippen LogP contribution in [0.4, 0.5) is 13.2 Å². The predicted molar refractivity (Wildman–Crippen MR) is 147 cm³/mol. The van der Waals surface area contributed by atoms with Crippen molar-refractivity contribution >= 4 is 34.2 Å². The first-order valence-electron chi connectivity index (χ1n) is 11.3. The Hall–Kier alpha value is -3.07. The Morgan fingerprint density at radius 1 is 0.892 bits per heavy atom. The molecule has 1 aromatic heterocycles. The molecule has 1 amide bonds. The van der Waals surface area contributed by atoms with Crippen LogP contribution < -0.4 is 5.32 Å². The SMILES string of the molecule is CN(C)CC(=O)NCc1cccc(-c2ccc(-c3ccc(Br)cc3)n2-c2ccccc2C(F)(F)F)c1.Cl. The highest BCUT2D eigenvalue weighted by atomic mass is 79.9. The van der Waals surface area contributed by atoms with Gasteiger partial charge in [0.25, 0.3) is 0 Å². The second-order valence-electron chi connectivity index (χ2n) is 8.68. The lowest BCUT2D eigenvalue weighted by atomic mass is 10.1. The van der Waals surface area contributed by atoms with E-state index < -0.39 is 11.7 Å². The third kappa shape index (κ3) is 6.83. The molecule has 4 rings (SSSR count). The molecule has 0 bridgehead atoms. The van der Waals surface area contributed by atoms with E-state index in [9.17, 15) is 18.0 Å². The molecule has 3 aromatic carbocycles. The monoisotopic (exact) mass is 591 g/mol. The minimum absolute atomic E-state index is 0. The molecule has 4 aromatic rings. The molecular weight excluding hydrogens is 567 g/mol. The maximum Gasteiger partial charge on any atom is 0.418 e. The molecule has 1 N–H and O–H groups in total. The van der Waals surface area contributed by atoms with E-state index in [0.29, 0.717) is 17.9 Å². The molecule has 0 aliphatic heterocycles. The summed E-state index contributed by atoms with van der Waals surface area (Å²) in [5.41, 5.74) is 2.97. The molecule has 0 aliphatic carbocycles. The molecule has 0 aliphatic rings. The van der Waals surface area contributed by atoms with Crippen LogP contribution in [0.1, 0.15) is 11.1 Å². The van der Waals surface area contributed by atoms with Gasteiger partial charge in [0.2, 0.25) is 5.91 Å². The van der Waals surface area contributed by atoms with Crippen LogP contribution in [0.25, 0.3) is 28.2 Å². The van der Waals surface area contributed by atoms with Crippen LogP contribution in [0.3, 0.4) is 0 Å². The number of alkyl halides is 3. The van der Waals surface area contributed by atoms with E-state index in [1.807, 2.05) is 74.8 Å². The summed E-state index contributed by atoms with van der Waals surface area (Å²) in [5, 5.41) is 2.88. The van der Waals surface area contributed by atoms with Crippen LogP contribution in [0.5, 0.6) is 0 Å². The summed E-state index contributed by atoms with van der Waals surface area (Å²) < 4.78 is 44.6. The smallest absolute Gasteiger partial charge is 0.351 e. The van der Waals surface area contributed by atoms with Gasteiger partial charge >= 0.3 is 6.18 Å². The fourth-order valence-corrected chi connectivity index (χ4v) is 4.32. The molecule has 4 nitrogen and oxygen atoms in total. The first-order valence-corrected chi connectivity index (χ1v) is 12.1. The van der Waals surface area contributed by atoms with Gasteiger partial charge in [-0.15, -0.1) is 12.4 Å². The molecule has 0 radical (unpaired) electrons. The van der Waals surface area contributed by atoms with Crippen LogP contribution in [-0.4, -0.2) is 36.0 Å². The number of likely N-dealkylation sites (N-methyl/N-ethyl adjacent to an activating group) is 1.